The van der Waals surface area contributed by atoms with Crippen LogP contribution in [0.3, 0.4) is 0 Å². The van der Waals surface area contributed by atoms with Gasteiger partial charge in [0.15, 0.2) is 5.96 Å². The molecule has 5 nitrogen and oxygen atoms in total. The molecule has 0 aromatic heterocycles. The van der Waals surface area contributed by atoms with Crippen LogP contribution in [0.25, 0.3) is 0 Å². The minimum atomic E-state index is 0.626. The van der Waals surface area contributed by atoms with E-state index in [4.69, 9.17) is 15.2 Å². The van der Waals surface area contributed by atoms with Gasteiger partial charge in [0, 0.05) is 32.1 Å². The maximum Gasteiger partial charge on any atom is 0.191 e. The summed E-state index contributed by atoms with van der Waals surface area (Å²) >= 11 is 0. The summed E-state index contributed by atoms with van der Waals surface area (Å²) in [7, 11) is 1.65. The van der Waals surface area contributed by atoms with Gasteiger partial charge < -0.3 is 20.1 Å². The van der Waals surface area contributed by atoms with Gasteiger partial charge in [-0.3, -0.25) is 4.99 Å². The van der Waals surface area contributed by atoms with Crippen LogP contribution in [-0.4, -0.2) is 44.2 Å². The van der Waals surface area contributed by atoms with Crippen molar-refractivity contribution in [1.82, 2.24) is 4.90 Å². The smallest absolute Gasteiger partial charge is 0.191 e. The standard InChI is InChI=1S/C17H27N3O2/c1-14-7-10-20(11-8-14)17(18)19-9-4-12-22-16-6-3-5-15(13-16)21-2/h3,5-6,13-14H,4,7-12H2,1-2H3,(H2,18,19). The van der Waals surface area contributed by atoms with Crippen molar-refractivity contribution in [2.24, 2.45) is 16.6 Å². The molecule has 1 aliphatic rings. The number of likely N-dealkylation sites (tertiary alicyclic amines) is 1. The summed E-state index contributed by atoms with van der Waals surface area (Å²) in [4.78, 5) is 6.64. The molecule has 0 atom stereocenters. The maximum atomic E-state index is 6.04. The predicted octanol–water partition coefficient (Wildman–Crippen LogP) is 2.51. The number of methoxy groups -OCH3 is 1. The van der Waals surface area contributed by atoms with Gasteiger partial charge in [0.05, 0.1) is 13.7 Å². The third-order valence-corrected chi connectivity index (χ3v) is 3.99. The fraction of sp³-hybridized carbons (Fsp3) is 0.588. The van der Waals surface area contributed by atoms with Crippen LogP contribution in [0, 0.1) is 5.92 Å². The molecule has 0 aliphatic carbocycles. The normalized spacial score (nSPS) is 16.6. The Morgan fingerprint density at radius 3 is 2.77 bits per heavy atom. The minimum Gasteiger partial charge on any atom is -0.497 e. The van der Waals surface area contributed by atoms with Crippen molar-refractivity contribution in [1.29, 1.82) is 0 Å². The van der Waals surface area contributed by atoms with E-state index >= 15 is 0 Å². The van der Waals surface area contributed by atoms with Crippen LogP contribution < -0.4 is 15.2 Å². The Labute approximate surface area is 133 Å². The van der Waals surface area contributed by atoms with Gasteiger partial charge in [0.25, 0.3) is 0 Å². The largest absolute Gasteiger partial charge is 0.497 e. The van der Waals surface area contributed by atoms with E-state index in [0.29, 0.717) is 19.1 Å². The average molecular weight is 305 g/mol. The zero-order valence-electron chi connectivity index (χ0n) is 13.6. The van der Waals surface area contributed by atoms with E-state index in [1.165, 1.54) is 12.8 Å². The van der Waals surface area contributed by atoms with Crippen molar-refractivity contribution < 1.29 is 9.47 Å². The Morgan fingerprint density at radius 1 is 1.32 bits per heavy atom. The second-order valence-electron chi connectivity index (χ2n) is 5.79. The predicted molar refractivity (Wildman–Crippen MR) is 89.6 cm³/mol. The van der Waals surface area contributed by atoms with E-state index in [-0.39, 0.29) is 0 Å². The first-order chi connectivity index (χ1) is 10.7. The first-order valence-electron chi connectivity index (χ1n) is 8.00. The lowest BCUT2D eigenvalue weighted by Gasteiger charge is -2.31. The number of aliphatic imine (C=N–C) groups is 1. The fourth-order valence-electron chi connectivity index (χ4n) is 2.48. The second kappa shape index (κ2) is 8.51. The lowest BCUT2D eigenvalue weighted by molar-refractivity contribution is 0.277. The number of ether oxygens (including phenoxy) is 2. The Hall–Kier alpha value is -1.91. The van der Waals surface area contributed by atoms with Crippen LogP contribution in [0.1, 0.15) is 26.2 Å². The highest BCUT2D eigenvalue weighted by atomic mass is 16.5. The quantitative estimate of drug-likeness (QED) is 0.498. The molecule has 1 fully saturated rings. The Balaban J connectivity index is 1.66. The van der Waals surface area contributed by atoms with Gasteiger partial charge >= 0.3 is 0 Å². The molecule has 0 amide bonds. The Bertz CT molecular complexity index is 483. The molecule has 1 aliphatic heterocycles. The molecule has 1 aromatic rings. The van der Waals surface area contributed by atoms with Crippen LogP contribution in [0.15, 0.2) is 29.3 Å². The topological polar surface area (TPSA) is 60.1 Å². The highest BCUT2D eigenvalue weighted by Gasteiger charge is 2.16. The molecule has 0 spiro atoms. The van der Waals surface area contributed by atoms with Crippen molar-refractivity contribution in [2.75, 3.05) is 33.4 Å². The van der Waals surface area contributed by atoms with Gasteiger partial charge in [-0.15, -0.1) is 0 Å². The van der Waals surface area contributed by atoms with Gasteiger partial charge in [-0.05, 0) is 30.9 Å². The number of rotatable bonds is 6. The summed E-state index contributed by atoms with van der Waals surface area (Å²) in [6, 6.07) is 7.63. The van der Waals surface area contributed by atoms with Gasteiger partial charge in [-0.25, -0.2) is 0 Å². The summed E-state index contributed by atoms with van der Waals surface area (Å²) in [5.74, 6) is 3.11. The highest BCUT2D eigenvalue weighted by molar-refractivity contribution is 5.78. The van der Waals surface area contributed by atoms with Crippen molar-refractivity contribution in [2.45, 2.75) is 26.2 Å². The first-order valence-corrected chi connectivity index (χ1v) is 8.00. The van der Waals surface area contributed by atoms with E-state index < -0.39 is 0 Å². The van der Waals surface area contributed by atoms with E-state index in [1.807, 2.05) is 24.3 Å². The lowest BCUT2D eigenvalue weighted by atomic mass is 10.00. The fourth-order valence-corrected chi connectivity index (χ4v) is 2.48. The van der Waals surface area contributed by atoms with Gasteiger partial charge in [0.2, 0.25) is 0 Å². The third kappa shape index (κ3) is 5.13. The van der Waals surface area contributed by atoms with Gasteiger partial charge in [-0.2, -0.15) is 0 Å². The molecule has 2 rings (SSSR count). The van der Waals surface area contributed by atoms with Crippen LogP contribution in [0.5, 0.6) is 11.5 Å². The molecule has 1 saturated heterocycles. The number of hydrogen-bond acceptors (Lipinski definition) is 3. The number of hydrogen-bond donors (Lipinski definition) is 1. The van der Waals surface area contributed by atoms with Crippen LogP contribution in [0.4, 0.5) is 0 Å². The molecule has 0 saturated carbocycles. The molecule has 122 valence electrons. The summed E-state index contributed by atoms with van der Waals surface area (Å²) in [6.45, 7) is 5.66. The molecule has 1 heterocycles. The minimum absolute atomic E-state index is 0.626. The van der Waals surface area contributed by atoms with E-state index in [0.717, 1.165) is 36.9 Å². The van der Waals surface area contributed by atoms with Crippen LogP contribution in [0.2, 0.25) is 0 Å². The molecular weight excluding hydrogens is 278 g/mol. The first kappa shape index (κ1) is 16.5. The monoisotopic (exact) mass is 305 g/mol. The van der Waals surface area contributed by atoms with Gasteiger partial charge in [-0.1, -0.05) is 13.0 Å². The summed E-state index contributed by atoms with van der Waals surface area (Å²) in [5, 5.41) is 0. The number of guanidine groups is 1. The Morgan fingerprint density at radius 2 is 2.05 bits per heavy atom. The SMILES string of the molecule is COc1cccc(OCCCN=C(N)N2CCC(C)CC2)c1. The van der Waals surface area contributed by atoms with E-state index in [1.54, 1.807) is 7.11 Å². The third-order valence-electron chi connectivity index (χ3n) is 3.99. The van der Waals surface area contributed by atoms with E-state index in [9.17, 15) is 0 Å². The van der Waals surface area contributed by atoms with Crippen LogP contribution >= 0.6 is 0 Å². The number of nitrogens with two attached hydrogens (primary N) is 1. The molecule has 0 radical (unpaired) electrons. The van der Waals surface area contributed by atoms with Crippen molar-refractivity contribution in [3.63, 3.8) is 0 Å². The van der Waals surface area contributed by atoms with Crippen LogP contribution in [-0.2, 0) is 0 Å². The molecule has 22 heavy (non-hydrogen) atoms. The zero-order chi connectivity index (χ0) is 15.8. The average Bonchev–Trinajstić information content (AvgIpc) is 2.55. The summed E-state index contributed by atoms with van der Waals surface area (Å²) < 4.78 is 10.9. The summed E-state index contributed by atoms with van der Waals surface area (Å²) in [5.41, 5.74) is 6.04. The highest BCUT2D eigenvalue weighted by Crippen LogP contribution is 2.19. The lowest BCUT2D eigenvalue weighted by Crippen LogP contribution is -2.42. The number of nitrogens with zero attached hydrogens (tertiary/aromatic N) is 2. The number of piperidine rings is 1. The maximum absolute atomic E-state index is 6.04. The number of benzene rings is 1. The zero-order valence-corrected chi connectivity index (χ0v) is 13.6. The van der Waals surface area contributed by atoms with E-state index in [2.05, 4.69) is 16.8 Å². The second-order valence-corrected chi connectivity index (χ2v) is 5.79. The molecule has 2 N–H and O–H groups in total. The molecular formula is C17H27N3O2. The van der Waals surface area contributed by atoms with Gasteiger partial charge in [0.1, 0.15) is 11.5 Å². The summed E-state index contributed by atoms with van der Waals surface area (Å²) in [6.07, 6.45) is 3.26. The molecule has 0 bridgehead atoms. The van der Waals surface area contributed by atoms with Crippen molar-refractivity contribution >= 4 is 5.96 Å². The van der Waals surface area contributed by atoms with Crippen molar-refractivity contribution in [3.05, 3.63) is 24.3 Å². The molecule has 5 heteroatoms. The molecule has 1 aromatic carbocycles. The van der Waals surface area contributed by atoms with Crippen molar-refractivity contribution in [3.8, 4) is 11.5 Å². The molecule has 0 unspecified atom stereocenters. The Kier molecular flexibility index (Phi) is 6.37.